The van der Waals surface area contributed by atoms with Crippen LogP contribution < -0.4 is 5.32 Å². The van der Waals surface area contributed by atoms with Gasteiger partial charge in [0.1, 0.15) is 0 Å². The number of hydrogen-bond donors (Lipinski definition) is 1. The molecule has 0 saturated heterocycles. The summed E-state index contributed by atoms with van der Waals surface area (Å²) in [6, 6.07) is 11.7. The molecule has 1 aromatic heterocycles. The Bertz CT molecular complexity index is 611. The highest BCUT2D eigenvalue weighted by Gasteiger charge is 2.22. The Morgan fingerprint density at radius 3 is 2.76 bits per heavy atom. The smallest absolute Gasteiger partial charge is 0.0639 e. The van der Waals surface area contributed by atoms with Gasteiger partial charge in [0.15, 0.2) is 0 Å². The maximum atomic E-state index is 5.57. The van der Waals surface area contributed by atoms with Crippen LogP contribution in [-0.2, 0) is 17.8 Å². The van der Waals surface area contributed by atoms with Crippen LogP contribution in [0.3, 0.4) is 0 Å². The summed E-state index contributed by atoms with van der Waals surface area (Å²) >= 11 is 0. The van der Waals surface area contributed by atoms with Gasteiger partial charge in [0.2, 0.25) is 0 Å². The zero-order valence-corrected chi connectivity index (χ0v) is 13.4. The lowest BCUT2D eigenvalue weighted by Crippen LogP contribution is -2.25. The van der Waals surface area contributed by atoms with Gasteiger partial charge in [-0.3, -0.25) is 0 Å². The van der Waals surface area contributed by atoms with E-state index in [2.05, 4.69) is 54.1 Å². The van der Waals surface area contributed by atoms with E-state index in [0.717, 1.165) is 25.6 Å². The third-order valence-corrected chi connectivity index (χ3v) is 4.54. The van der Waals surface area contributed by atoms with Gasteiger partial charge in [-0.2, -0.15) is 0 Å². The largest absolute Gasteiger partial charge is 0.379 e. The van der Waals surface area contributed by atoms with Gasteiger partial charge in [-0.25, -0.2) is 0 Å². The molecule has 0 spiro atoms. The third kappa shape index (κ3) is 3.47. The Hall–Kier alpha value is -1.32. The highest BCUT2D eigenvalue weighted by Crippen LogP contribution is 2.24. The normalized spacial score (nSPS) is 15.8. The highest BCUT2D eigenvalue weighted by atomic mass is 16.5. The Kier molecular flexibility index (Phi) is 4.05. The number of aryl methyl sites for hydroxylation is 1. The van der Waals surface area contributed by atoms with E-state index >= 15 is 0 Å². The molecule has 3 nitrogen and oxygen atoms in total. The molecule has 3 rings (SSSR count). The Balaban J connectivity index is 1.83. The predicted molar refractivity (Wildman–Crippen MR) is 87.5 cm³/mol. The van der Waals surface area contributed by atoms with Crippen LogP contribution in [0.15, 0.2) is 30.3 Å². The molecule has 0 unspecified atom stereocenters. The van der Waals surface area contributed by atoms with Crippen molar-refractivity contribution in [3.8, 4) is 0 Å². The summed E-state index contributed by atoms with van der Waals surface area (Å²) in [6.07, 6.45) is 3.67. The number of aromatic nitrogens is 1. The molecule has 1 aromatic carbocycles. The van der Waals surface area contributed by atoms with E-state index in [0.29, 0.717) is 0 Å². The quantitative estimate of drug-likeness (QED) is 0.840. The highest BCUT2D eigenvalue weighted by molar-refractivity contribution is 5.81. The standard InChI is InChI=1S/C18H26N2O/c1-18(2,21-3)10-11-20-16(13-19-15-8-9-15)12-14-6-4-5-7-17(14)20/h4-7,12,15,19H,8-11,13H2,1-3H3. The predicted octanol–water partition coefficient (Wildman–Crippen LogP) is 3.71. The lowest BCUT2D eigenvalue weighted by atomic mass is 10.1. The van der Waals surface area contributed by atoms with Crippen molar-refractivity contribution in [3.05, 3.63) is 36.0 Å². The lowest BCUT2D eigenvalue weighted by Gasteiger charge is -2.24. The molecule has 0 atom stereocenters. The van der Waals surface area contributed by atoms with Crippen molar-refractivity contribution < 1.29 is 4.74 Å². The summed E-state index contributed by atoms with van der Waals surface area (Å²) in [4.78, 5) is 0. The first kappa shape index (κ1) is 14.6. The molecule has 1 N–H and O–H groups in total. The first-order valence-electron chi connectivity index (χ1n) is 7.95. The molecule has 1 aliphatic rings. The fourth-order valence-corrected chi connectivity index (χ4v) is 2.70. The van der Waals surface area contributed by atoms with Crippen LogP contribution in [0.25, 0.3) is 10.9 Å². The number of nitrogens with one attached hydrogen (secondary N) is 1. The number of methoxy groups -OCH3 is 1. The van der Waals surface area contributed by atoms with Crippen LogP contribution >= 0.6 is 0 Å². The Labute approximate surface area is 127 Å². The summed E-state index contributed by atoms with van der Waals surface area (Å²) in [7, 11) is 1.79. The van der Waals surface area contributed by atoms with Crippen molar-refractivity contribution in [2.24, 2.45) is 0 Å². The molecule has 1 aliphatic carbocycles. The number of hydrogen-bond acceptors (Lipinski definition) is 2. The molecule has 114 valence electrons. The first-order valence-corrected chi connectivity index (χ1v) is 7.95. The average Bonchev–Trinajstić information content (AvgIpc) is 3.24. The lowest BCUT2D eigenvalue weighted by molar-refractivity contribution is 0.0121. The van der Waals surface area contributed by atoms with Crippen molar-refractivity contribution in [3.63, 3.8) is 0 Å². The zero-order chi connectivity index (χ0) is 14.9. The topological polar surface area (TPSA) is 26.2 Å². The number of nitrogens with zero attached hydrogens (tertiary/aromatic N) is 1. The second-order valence-electron chi connectivity index (χ2n) is 6.72. The SMILES string of the molecule is COC(C)(C)CCn1c(CNC2CC2)cc2ccccc21. The number of para-hydroxylation sites is 1. The summed E-state index contributed by atoms with van der Waals surface area (Å²) in [5, 5.41) is 4.97. The minimum absolute atomic E-state index is 0.0768. The molecule has 0 radical (unpaired) electrons. The maximum Gasteiger partial charge on any atom is 0.0639 e. The van der Waals surface area contributed by atoms with Gasteiger partial charge in [-0.05, 0) is 50.6 Å². The fraction of sp³-hybridized carbons (Fsp3) is 0.556. The Morgan fingerprint density at radius 2 is 2.05 bits per heavy atom. The molecule has 1 saturated carbocycles. The van der Waals surface area contributed by atoms with Gasteiger partial charge in [0.05, 0.1) is 5.60 Å². The monoisotopic (exact) mass is 286 g/mol. The molecular formula is C18H26N2O. The second-order valence-corrected chi connectivity index (χ2v) is 6.72. The van der Waals surface area contributed by atoms with Gasteiger partial charge in [-0.15, -0.1) is 0 Å². The van der Waals surface area contributed by atoms with Gasteiger partial charge < -0.3 is 14.6 Å². The molecule has 0 bridgehead atoms. The van der Waals surface area contributed by atoms with Crippen LogP contribution in [0.4, 0.5) is 0 Å². The number of ether oxygens (including phenoxy) is 1. The molecule has 0 aliphatic heterocycles. The van der Waals surface area contributed by atoms with Crippen LogP contribution in [-0.4, -0.2) is 23.3 Å². The summed E-state index contributed by atoms with van der Waals surface area (Å²) in [5.74, 6) is 0. The summed E-state index contributed by atoms with van der Waals surface area (Å²) < 4.78 is 8.02. The average molecular weight is 286 g/mol. The van der Waals surface area contributed by atoms with E-state index in [9.17, 15) is 0 Å². The fourth-order valence-electron chi connectivity index (χ4n) is 2.70. The first-order chi connectivity index (χ1) is 10.1. The summed E-state index contributed by atoms with van der Waals surface area (Å²) in [6.45, 7) is 6.27. The van der Waals surface area contributed by atoms with Crippen LogP contribution in [0.1, 0.15) is 38.8 Å². The molecular weight excluding hydrogens is 260 g/mol. The van der Waals surface area contributed by atoms with E-state index in [-0.39, 0.29) is 5.60 Å². The van der Waals surface area contributed by atoms with Crippen LogP contribution in [0.2, 0.25) is 0 Å². The second kappa shape index (κ2) is 5.82. The van der Waals surface area contributed by atoms with E-state index in [4.69, 9.17) is 4.74 Å². The number of benzene rings is 1. The molecule has 2 aromatic rings. The van der Waals surface area contributed by atoms with Gasteiger partial charge >= 0.3 is 0 Å². The molecule has 1 fully saturated rings. The minimum atomic E-state index is -0.0768. The molecule has 1 heterocycles. The van der Waals surface area contributed by atoms with E-state index in [1.165, 1.54) is 29.4 Å². The molecule has 3 heteroatoms. The van der Waals surface area contributed by atoms with Gasteiger partial charge in [0.25, 0.3) is 0 Å². The third-order valence-electron chi connectivity index (χ3n) is 4.54. The van der Waals surface area contributed by atoms with Crippen molar-refractivity contribution >= 4 is 10.9 Å². The molecule has 21 heavy (non-hydrogen) atoms. The minimum Gasteiger partial charge on any atom is -0.379 e. The number of rotatable bonds is 7. The van der Waals surface area contributed by atoms with Crippen molar-refractivity contribution in [2.45, 2.75) is 57.8 Å². The number of fused-ring (bicyclic) bond motifs is 1. The van der Waals surface area contributed by atoms with E-state index < -0.39 is 0 Å². The van der Waals surface area contributed by atoms with Crippen molar-refractivity contribution in [1.82, 2.24) is 9.88 Å². The van der Waals surface area contributed by atoms with Crippen molar-refractivity contribution in [2.75, 3.05) is 7.11 Å². The molecule has 0 amide bonds. The van der Waals surface area contributed by atoms with Gasteiger partial charge in [0, 0.05) is 37.5 Å². The Morgan fingerprint density at radius 1 is 1.29 bits per heavy atom. The van der Waals surface area contributed by atoms with E-state index in [1.54, 1.807) is 7.11 Å². The zero-order valence-electron chi connectivity index (χ0n) is 13.4. The van der Waals surface area contributed by atoms with Crippen molar-refractivity contribution in [1.29, 1.82) is 0 Å². The maximum absolute atomic E-state index is 5.57. The van der Waals surface area contributed by atoms with Crippen LogP contribution in [0.5, 0.6) is 0 Å². The summed E-state index contributed by atoms with van der Waals surface area (Å²) in [5.41, 5.74) is 2.64. The van der Waals surface area contributed by atoms with Crippen LogP contribution in [0, 0.1) is 0 Å². The van der Waals surface area contributed by atoms with Gasteiger partial charge in [-0.1, -0.05) is 18.2 Å². The van der Waals surface area contributed by atoms with E-state index in [1.807, 2.05) is 0 Å².